The van der Waals surface area contributed by atoms with Crippen molar-refractivity contribution in [2.45, 2.75) is 25.2 Å². The fourth-order valence-corrected chi connectivity index (χ4v) is 4.64. The molecule has 2 aliphatic rings. The Morgan fingerprint density at radius 1 is 1.03 bits per heavy atom. The molecule has 2 aliphatic heterocycles. The van der Waals surface area contributed by atoms with E-state index >= 15 is 0 Å². The summed E-state index contributed by atoms with van der Waals surface area (Å²) in [6.07, 6.45) is 4.15. The molecule has 0 saturated carbocycles. The van der Waals surface area contributed by atoms with Crippen LogP contribution < -0.4 is 0 Å². The Balaban J connectivity index is 1.23. The van der Waals surface area contributed by atoms with Crippen molar-refractivity contribution in [1.82, 2.24) is 24.8 Å². The summed E-state index contributed by atoms with van der Waals surface area (Å²) in [6, 6.07) is 9.39. The van der Waals surface area contributed by atoms with Gasteiger partial charge >= 0.3 is 0 Å². The first-order chi connectivity index (χ1) is 15.1. The molecule has 2 saturated heterocycles. The number of aromatic nitrogens is 3. The Morgan fingerprint density at radius 2 is 1.87 bits per heavy atom. The molecule has 0 radical (unpaired) electrons. The van der Waals surface area contributed by atoms with Crippen LogP contribution >= 0.6 is 0 Å². The van der Waals surface area contributed by atoms with Gasteiger partial charge in [-0.15, -0.1) is 0 Å². The van der Waals surface area contributed by atoms with Crippen molar-refractivity contribution in [3.05, 3.63) is 59.8 Å². The van der Waals surface area contributed by atoms with E-state index in [9.17, 15) is 14.0 Å². The van der Waals surface area contributed by atoms with Gasteiger partial charge in [0.1, 0.15) is 11.6 Å². The second-order valence-electron chi connectivity index (χ2n) is 8.36. The molecule has 0 bridgehead atoms. The van der Waals surface area contributed by atoms with Crippen LogP contribution in [0.4, 0.5) is 4.39 Å². The van der Waals surface area contributed by atoms with Crippen LogP contribution in [0.1, 0.15) is 41.4 Å². The fourth-order valence-electron chi connectivity index (χ4n) is 4.64. The Hall–Kier alpha value is -3.29. The van der Waals surface area contributed by atoms with Crippen molar-refractivity contribution in [1.29, 1.82) is 0 Å². The molecule has 160 valence electrons. The number of likely N-dealkylation sites (tertiary alicyclic amines) is 2. The summed E-state index contributed by atoms with van der Waals surface area (Å²) < 4.78 is 13.2. The molecule has 1 aromatic carbocycles. The zero-order chi connectivity index (χ0) is 21.4. The number of nitrogens with zero attached hydrogens (tertiary/aromatic N) is 4. The number of pyridine rings is 1. The molecule has 2 atom stereocenters. The highest BCUT2D eigenvalue weighted by molar-refractivity contribution is 5.94. The van der Waals surface area contributed by atoms with Crippen LogP contribution in [0.3, 0.4) is 0 Å². The number of nitrogens with one attached hydrogen (secondary N) is 1. The number of H-pyrrole nitrogens is 1. The third kappa shape index (κ3) is 3.89. The molecule has 4 heterocycles. The first kappa shape index (κ1) is 19.7. The summed E-state index contributed by atoms with van der Waals surface area (Å²) in [5, 5.41) is 0. The third-order valence-corrected chi connectivity index (χ3v) is 6.31. The smallest absolute Gasteiger partial charge is 0.253 e. The minimum absolute atomic E-state index is 0.105. The molecule has 31 heavy (non-hydrogen) atoms. The number of aromatic amines is 1. The molecule has 2 amide bonds. The number of fused-ring (bicyclic) bond motifs is 1. The number of rotatable bonds is 3. The first-order valence-electron chi connectivity index (χ1n) is 10.7. The SMILES string of the molecule is O=C(c1ccc(F)cc1)N1CCCC(C(=O)N2CCC(c3nc4ncccc4[nH]3)C2)C1. The molecule has 8 heteroatoms. The number of amides is 2. The van der Waals surface area contributed by atoms with Gasteiger partial charge in [-0.1, -0.05) is 0 Å². The largest absolute Gasteiger partial charge is 0.342 e. The molecule has 0 spiro atoms. The van der Waals surface area contributed by atoms with Crippen LogP contribution in [0.5, 0.6) is 0 Å². The highest BCUT2D eigenvalue weighted by Crippen LogP contribution is 2.29. The van der Waals surface area contributed by atoms with Crippen molar-refractivity contribution in [2.75, 3.05) is 26.2 Å². The summed E-state index contributed by atoms with van der Waals surface area (Å²) >= 11 is 0. The fraction of sp³-hybridized carbons (Fsp3) is 0.391. The standard InChI is InChI=1S/C23H24FN5O2/c24-18-7-5-15(6-8-18)22(30)28-11-2-3-17(14-28)23(31)29-12-9-16(13-29)20-26-19-4-1-10-25-21(19)27-20/h1,4-8,10,16-17H,2-3,9,11-14H2,(H,25,26,27). The van der Waals surface area contributed by atoms with Gasteiger partial charge in [-0.2, -0.15) is 0 Å². The van der Waals surface area contributed by atoms with Crippen LogP contribution in [0.15, 0.2) is 42.6 Å². The number of halogens is 1. The van der Waals surface area contributed by atoms with E-state index in [2.05, 4.69) is 15.0 Å². The number of piperidine rings is 1. The van der Waals surface area contributed by atoms with E-state index in [0.29, 0.717) is 37.4 Å². The van der Waals surface area contributed by atoms with Crippen molar-refractivity contribution in [3.8, 4) is 0 Å². The van der Waals surface area contributed by atoms with Crippen molar-refractivity contribution < 1.29 is 14.0 Å². The minimum atomic E-state index is -0.368. The molecule has 1 N–H and O–H groups in total. The molecule has 2 aromatic heterocycles. The maximum atomic E-state index is 13.2. The maximum absolute atomic E-state index is 13.2. The van der Waals surface area contributed by atoms with E-state index in [0.717, 1.165) is 30.6 Å². The lowest BCUT2D eigenvalue weighted by molar-refractivity contribution is -0.135. The summed E-state index contributed by atoms with van der Waals surface area (Å²) in [5.41, 5.74) is 2.06. The summed E-state index contributed by atoms with van der Waals surface area (Å²) in [4.78, 5) is 41.8. The average Bonchev–Trinajstić information content (AvgIpc) is 3.46. The van der Waals surface area contributed by atoms with E-state index in [1.54, 1.807) is 11.1 Å². The van der Waals surface area contributed by atoms with Gasteiger partial charge in [0.05, 0.1) is 11.4 Å². The average molecular weight is 421 g/mol. The number of imidazole rings is 1. The van der Waals surface area contributed by atoms with Gasteiger partial charge in [0.2, 0.25) is 5.91 Å². The van der Waals surface area contributed by atoms with Gasteiger partial charge in [0.15, 0.2) is 5.65 Å². The van der Waals surface area contributed by atoms with Gasteiger partial charge in [0.25, 0.3) is 5.91 Å². The van der Waals surface area contributed by atoms with Gasteiger partial charge in [0, 0.05) is 43.9 Å². The number of carbonyl (C=O) groups is 2. The van der Waals surface area contributed by atoms with Crippen LogP contribution in [0.2, 0.25) is 0 Å². The summed E-state index contributed by atoms with van der Waals surface area (Å²) in [7, 11) is 0. The Bertz CT molecular complexity index is 1080. The van der Waals surface area contributed by atoms with Crippen LogP contribution in [0, 0.1) is 11.7 Å². The first-order valence-corrected chi connectivity index (χ1v) is 10.7. The van der Waals surface area contributed by atoms with E-state index in [1.807, 2.05) is 17.0 Å². The molecule has 2 fully saturated rings. The Labute approximate surface area is 179 Å². The summed E-state index contributed by atoms with van der Waals surface area (Å²) in [6.45, 7) is 2.34. The quantitative estimate of drug-likeness (QED) is 0.705. The lowest BCUT2D eigenvalue weighted by Crippen LogP contribution is -2.46. The normalized spacial score (nSPS) is 21.6. The molecular weight excluding hydrogens is 397 g/mol. The second kappa shape index (κ2) is 8.09. The molecule has 2 unspecified atom stereocenters. The van der Waals surface area contributed by atoms with E-state index < -0.39 is 0 Å². The van der Waals surface area contributed by atoms with Crippen molar-refractivity contribution >= 4 is 23.0 Å². The summed E-state index contributed by atoms with van der Waals surface area (Å²) in [5.74, 6) is 0.431. The maximum Gasteiger partial charge on any atom is 0.253 e. The van der Waals surface area contributed by atoms with E-state index in [-0.39, 0.29) is 29.5 Å². The highest BCUT2D eigenvalue weighted by atomic mass is 19.1. The molecule has 5 rings (SSSR count). The Kier molecular flexibility index (Phi) is 5.13. The lowest BCUT2D eigenvalue weighted by Gasteiger charge is -2.34. The van der Waals surface area contributed by atoms with Gasteiger partial charge < -0.3 is 14.8 Å². The number of hydrogen-bond acceptors (Lipinski definition) is 4. The van der Waals surface area contributed by atoms with Crippen LogP contribution in [-0.2, 0) is 4.79 Å². The highest BCUT2D eigenvalue weighted by Gasteiger charge is 2.36. The third-order valence-electron chi connectivity index (χ3n) is 6.31. The van der Waals surface area contributed by atoms with Crippen LogP contribution in [-0.4, -0.2) is 62.7 Å². The topological polar surface area (TPSA) is 82.2 Å². The zero-order valence-electron chi connectivity index (χ0n) is 17.1. The molecule has 7 nitrogen and oxygen atoms in total. The molecule has 3 aromatic rings. The van der Waals surface area contributed by atoms with E-state index in [4.69, 9.17) is 0 Å². The van der Waals surface area contributed by atoms with Gasteiger partial charge in [-0.25, -0.2) is 14.4 Å². The zero-order valence-corrected chi connectivity index (χ0v) is 17.1. The minimum Gasteiger partial charge on any atom is -0.342 e. The lowest BCUT2D eigenvalue weighted by atomic mass is 9.96. The predicted molar refractivity (Wildman–Crippen MR) is 113 cm³/mol. The van der Waals surface area contributed by atoms with Gasteiger partial charge in [-0.3, -0.25) is 9.59 Å². The van der Waals surface area contributed by atoms with Crippen molar-refractivity contribution in [3.63, 3.8) is 0 Å². The number of carbonyl (C=O) groups excluding carboxylic acids is 2. The monoisotopic (exact) mass is 421 g/mol. The number of hydrogen-bond donors (Lipinski definition) is 1. The Morgan fingerprint density at radius 3 is 2.68 bits per heavy atom. The number of benzene rings is 1. The van der Waals surface area contributed by atoms with Crippen molar-refractivity contribution in [2.24, 2.45) is 5.92 Å². The van der Waals surface area contributed by atoms with Crippen LogP contribution in [0.25, 0.3) is 11.2 Å². The molecule has 0 aliphatic carbocycles. The predicted octanol–water partition coefficient (Wildman–Crippen LogP) is 2.97. The van der Waals surface area contributed by atoms with E-state index in [1.165, 1.54) is 24.3 Å². The second-order valence-corrected chi connectivity index (χ2v) is 8.36. The molecular formula is C23H24FN5O2. The van der Waals surface area contributed by atoms with Gasteiger partial charge in [-0.05, 0) is 55.7 Å².